The predicted octanol–water partition coefficient (Wildman–Crippen LogP) is 0.992. The highest BCUT2D eigenvalue weighted by Crippen LogP contribution is 2.00. The van der Waals surface area contributed by atoms with Crippen molar-refractivity contribution < 1.29 is 4.79 Å². The first-order valence-corrected chi connectivity index (χ1v) is 5.83. The van der Waals surface area contributed by atoms with Crippen molar-refractivity contribution in [3.63, 3.8) is 0 Å². The number of halogens is 2. The molecule has 1 aliphatic heterocycles. The van der Waals surface area contributed by atoms with Gasteiger partial charge in [-0.15, -0.1) is 24.8 Å². The number of nitrogens with one attached hydrogen (secondary N) is 1. The Hall–Kier alpha value is -0.0300. The van der Waals surface area contributed by atoms with Crippen molar-refractivity contribution in [3.05, 3.63) is 0 Å². The summed E-state index contributed by atoms with van der Waals surface area (Å²) in [6.45, 7) is 8.42. The molecule has 1 rings (SSSR count). The SMILES string of the molecule is CCCN(C)CC(=O)N1CCN[C@H](C)C1.Cl.Cl. The Morgan fingerprint density at radius 3 is 2.65 bits per heavy atom. The van der Waals surface area contributed by atoms with Crippen molar-refractivity contribution in [2.45, 2.75) is 26.3 Å². The average Bonchev–Trinajstić information content (AvgIpc) is 2.18. The summed E-state index contributed by atoms with van der Waals surface area (Å²) in [5.74, 6) is 0.263. The van der Waals surface area contributed by atoms with Crippen LogP contribution in [-0.4, -0.2) is 61.5 Å². The number of hydrogen-bond donors (Lipinski definition) is 1. The zero-order valence-electron chi connectivity index (χ0n) is 10.9. The summed E-state index contributed by atoms with van der Waals surface area (Å²) in [4.78, 5) is 15.9. The largest absolute Gasteiger partial charge is 0.339 e. The molecule has 0 spiro atoms. The smallest absolute Gasteiger partial charge is 0.236 e. The summed E-state index contributed by atoms with van der Waals surface area (Å²) in [7, 11) is 2.01. The molecule has 1 saturated heterocycles. The highest BCUT2D eigenvalue weighted by Gasteiger charge is 2.20. The minimum Gasteiger partial charge on any atom is -0.339 e. The molecule has 1 N–H and O–H groups in total. The molecule has 1 amide bonds. The molecule has 1 heterocycles. The standard InChI is InChI=1S/C11H23N3O.2ClH/c1-4-6-13(3)9-11(15)14-7-5-12-10(2)8-14;;/h10,12H,4-9H2,1-3H3;2*1H/t10-;;/m1../s1. The number of nitrogens with zero attached hydrogens (tertiary/aromatic N) is 2. The fourth-order valence-corrected chi connectivity index (χ4v) is 1.95. The Labute approximate surface area is 117 Å². The van der Waals surface area contributed by atoms with Crippen LogP contribution >= 0.6 is 24.8 Å². The maximum absolute atomic E-state index is 11.9. The summed E-state index contributed by atoms with van der Waals surface area (Å²) in [5, 5.41) is 3.34. The molecule has 4 nitrogen and oxygen atoms in total. The molecule has 0 aliphatic carbocycles. The Balaban J connectivity index is 0. The van der Waals surface area contributed by atoms with Gasteiger partial charge in [0, 0.05) is 25.7 Å². The van der Waals surface area contributed by atoms with Crippen LogP contribution in [0.2, 0.25) is 0 Å². The lowest BCUT2D eigenvalue weighted by Gasteiger charge is -2.33. The van der Waals surface area contributed by atoms with Gasteiger partial charge in [-0.25, -0.2) is 0 Å². The first-order valence-electron chi connectivity index (χ1n) is 5.83. The summed E-state index contributed by atoms with van der Waals surface area (Å²) >= 11 is 0. The van der Waals surface area contributed by atoms with Gasteiger partial charge >= 0.3 is 0 Å². The normalized spacial score (nSPS) is 19.5. The molecule has 0 aromatic carbocycles. The van der Waals surface area contributed by atoms with Gasteiger partial charge in [-0.2, -0.15) is 0 Å². The van der Waals surface area contributed by atoms with Gasteiger partial charge in [0.25, 0.3) is 0 Å². The number of rotatable bonds is 4. The monoisotopic (exact) mass is 285 g/mol. The molecule has 0 bridgehead atoms. The molecular formula is C11H25Cl2N3O. The first-order chi connectivity index (χ1) is 7.13. The van der Waals surface area contributed by atoms with Crippen LogP contribution in [0.5, 0.6) is 0 Å². The predicted molar refractivity (Wildman–Crippen MR) is 76.3 cm³/mol. The summed E-state index contributed by atoms with van der Waals surface area (Å²) in [6, 6.07) is 0.430. The summed E-state index contributed by atoms with van der Waals surface area (Å²) in [6.07, 6.45) is 1.10. The molecule has 0 aromatic rings. The quantitative estimate of drug-likeness (QED) is 0.837. The highest BCUT2D eigenvalue weighted by atomic mass is 35.5. The second-order valence-corrected chi connectivity index (χ2v) is 4.43. The molecule has 0 aromatic heterocycles. The molecule has 6 heteroatoms. The van der Waals surface area contributed by atoms with E-state index in [4.69, 9.17) is 0 Å². The van der Waals surface area contributed by atoms with Crippen molar-refractivity contribution in [3.8, 4) is 0 Å². The zero-order chi connectivity index (χ0) is 11.3. The van der Waals surface area contributed by atoms with Gasteiger partial charge in [0.15, 0.2) is 0 Å². The summed E-state index contributed by atoms with van der Waals surface area (Å²) < 4.78 is 0. The van der Waals surface area contributed by atoms with E-state index >= 15 is 0 Å². The number of piperazine rings is 1. The first kappa shape index (κ1) is 19.3. The number of carbonyl (C=O) groups excluding carboxylic acids is 1. The second kappa shape index (κ2) is 9.95. The molecule has 1 fully saturated rings. The van der Waals surface area contributed by atoms with Crippen molar-refractivity contribution in [1.29, 1.82) is 0 Å². The lowest BCUT2D eigenvalue weighted by atomic mass is 10.2. The molecule has 1 aliphatic rings. The van der Waals surface area contributed by atoms with E-state index in [2.05, 4.69) is 24.1 Å². The van der Waals surface area contributed by atoms with E-state index in [-0.39, 0.29) is 30.7 Å². The number of carbonyl (C=O) groups is 1. The number of likely N-dealkylation sites (N-methyl/N-ethyl adjacent to an activating group) is 1. The minimum absolute atomic E-state index is 0. The topological polar surface area (TPSA) is 35.6 Å². The van der Waals surface area contributed by atoms with Crippen LogP contribution in [-0.2, 0) is 4.79 Å². The van der Waals surface area contributed by atoms with Gasteiger partial charge in [0.2, 0.25) is 5.91 Å². The van der Waals surface area contributed by atoms with Crippen LogP contribution in [0.15, 0.2) is 0 Å². The van der Waals surface area contributed by atoms with E-state index in [1.165, 1.54) is 0 Å². The highest BCUT2D eigenvalue weighted by molar-refractivity contribution is 5.85. The Kier molecular flexibility index (Phi) is 11.3. The van der Waals surface area contributed by atoms with Gasteiger partial charge in [0.1, 0.15) is 0 Å². The lowest BCUT2D eigenvalue weighted by molar-refractivity contribution is -0.133. The van der Waals surface area contributed by atoms with Gasteiger partial charge in [-0.1, -0.05) is 6.92 Å². The van der Waals surface area contributed by atoms with E-state index in [1.807, 2.05) is 11.9 Å². The van der Waals surface area contributed by atoms with Crippen molar-refractivity contribution in [2.24, 2.45) is 0 Å². The Morgan fingerprint density at radius 1 is 1.47 bits per heavy atom. The Morgan fingerprint density at radius 2 is 2.12 bits per heavy atom. The lowest BCUT2D eigenvalue weighted by Crippen LogP contribution is -2.53. The zero-order valence-corrected chi connectivity index (χ0v) is 12.6. The van der Waals surface area contributed by atoms with Crippen LogP contribution in [0.3, 0.4) is 0 Å². The van der Waals surface area contributed by atoms with Crippen molar-refractivity contribution >= 4 is 30.7 Å². The van der Waals surface area contributed by atoms with E-state index in [9.17, 15) is 4.79 Å². The third kappa shape index (κ3) is 7.09. The van der Waals surface area contributed by atoms with E-state index in [1.54, 1.807) is 0 Å². The molecule has 1 atom stereocenters. The summed E-state index contributed by atoms with van der Waals surface area (Å²) in [5.41, 5.74) is 0. The molecule has 0 radical (unpaired) electrons. The number of amides is 1. The molecular weight excluding hydrogens is 261 g/mol. The van der Waals surface area contributed by atoms with Gasteiger partial charge in [0.05, 0.1) is 6.54 Å². The van der Waals surface area contributed by atoms with Crippen LogP contribution < -0.4 is 5.32 Å². The number of hydrogen-bond acceptors (Lipinski definition) is 3. The van der Waals surface area contributed by atoms with Crippen LogP contribution in [0.1, 0.15) is 20.3 Å². The van der Waals surface area contributed by atoms with Crippen LogP contribution in [0, 0.1) is 0 Å². The Bertz CT molecular complexity index is 217. The van der Waals surface area contributed by atoms with Gasteiger partial charge in [-0.3, -0.25) is 9.69 Å². The fraction of sp³-hybridized carbons (Fsp3) is 0.909. The fourth-order valence-electron chi connectivity index (χ4n) is 1.95. The van der Waals surface area contributed by atoms with Gasteiger partial charge < -0.3 is 10.2 Å². The minimum atomic E-state index is 0. The average molecular weight is 286 g/mol. The van der Waals surface area contributed by atoms with Crippen LogP contribution in [0.4, 0.5) is 0 Å². The maximum Gasteiger partial charge on any atom is 0.236 e. The molecule has 104 valence electrons. The third-order valence-electron chi connectivity index (χ3n) is 2.73. The van der Waals surface area contributed by atoms with E-state index in [0.717, 1.165) is 32.6 Å². The van der Waals surface area contributed by atoms with Crippen molar-refractivity contribution in [2.75, 3.05) is 39.8 Å². The molecule has 0 saturated carbocycles. The van der Waals surface area contributed by atoms with Crippen molar-refractivity contribution in [1.82, 2.24) is 15.1 Å². The van der Waals surface area contributed by atoms with E-state index < -0.39 is 0 Å². The second-order valence-electron chi connectivity index (χ2n) is 4.43. The third-order valence-corrected chi connectivity index (χ3v) is 2.73. The van der Waals surface area contributed by atoms with E-state index in [0.29, 0.717) is 12.6 Å². The molecule has 17 heavy (non-hydrogen) atoms. The van der Waals surface area contributed by atoms with Crippen LogP contribution in [0.25, 0.3) is 0 Å². The molecule has 0 unspecified atom stereocenters. The maximum atomic E-state index is 11.9. The van der Waals surface area contributed by atoms with Gasteiger partial charge in [-0.05, 0) is 26.9 Å².